The van der Waals surface area contributed by atoms with Gasteiger partial charge in [-0.05, 0) is 55.5 Å². The van der Waals surface area contributed by atoms with Crippen LogP contribution in [0.5, 0.6) is 0 Å². The Bertz CT molecular complexity index is 1500. The number of carboxylic acid groups (broad SMARTS) is 1. The van der Waals surface area contributed by atoms with Crippen molar-refractivity contribution in [2.45, 2.75) is 31.8 Å². The van der Waals surface area contributed by atoms with Crippen molar-refractivity contribution in [3.8, 4) is 11.6 Å². The molecule has 42 heavy (non-hydrogen) atoms. The molecule has 5 heterocycles. The first-order chi connectivity index (χ1) is 19.7. The molecule has 2 aliphatic heterocycles. The molecule has 2 atom stereocenters. The summed E-state index contributed by atoms with van der Waals surface area (Å²) in [6.45, 7) is 7.99. The lowest BCUT2D eigenvalue weighted by atomic mass is 9.92. The fourth-order valence-corrected chi connectivity index (χ4v) is 5.82. The number of piperazine rings is 1. The largest absolute Gasteiger partial charge is 0.481 e. The van der Waals surface area contributed by atoms with Crippen LogP contribution in [-0.2, 0) is 10.4 Å². The standard InChI is InChI=1S/C28H35N9O4.ClH/c1-28(40,16-23(38)39)20-6-8-21(9-7-20)35-13-11-34(12-14-35)17-19-4-2-10-36(18-19)26-31-25(29)37-27(32-26)30-24(33-37)22-5-3-15-41-22;/h3,5-9,15,19,40H,2,4,10-14,16-18H2,1H3,(H,38,39)(H2,29,30,31,32,33);1H. The number of aromatic nitrogens is 5. The van der Waals surface area contributed by atoms with Crippen LogP contribution < -0.4 is 15.5 Å². The van der Waals surface area contributed by atoms with E-state index in [0.29, 0.717) is 34.8 Å². The summed E-state index contributed by atoms with van der Waals surface area (Å²) < 4.78 is 6.85. The summed E-state index contributed by atoms with van der Waals surface area (Å²) in [5.41, 5.74) is 6.52. The first kappa shape index (κ1) is 29.5. The van der Waals surface area contributed by atoms with Crippen molar-refractivity contribution in [2.24, 2.45) is 5.92 Å². The molecule has 224 valence electrons. The highest BCUT2D eigenvalue weighted by molar-refractivity contribution is 5.85. The summed E-state index contributed by atoms with van der Waals surface area (Å²) in [4.78, 5) is 31.8. The van der Waals surface area contributed by atoms with Gasteiger partial charge in [0.2, 0.25) is 17.7 Å². The van der Waals surface area contributed by atoms with Gasteiger partial charge >= 0.3 is 5.97 Å². The summed E-state index contributed by atoms with van der Waals surface area (Å²) in [5.74, 6) is 1.66. The summed E-state index contributed by atoms with van der Waals surface area (Å²) in [7, 11) is 0. The van der Waals surface area contributed by atoms with Gasteiger partial charge in [0.1, 0.15) is 0 Å². The van der Waals surface area contributed by atoms with Crippen LogP contribution in [0.3, 0.4) is 0 Å². The SMILES string of the molecule is CC(O)(CC(=O)O)c1ccc(N2CCN(CC3CCCN(c4nc(N)n5nc(-c6ccco6)nc5n4)C3)CC2)cc1.Cl. The van der Waals surface area contributed by atoms with Crippen LogP contribution in [0.1, 0.15) is 31.7 Å². The lowest BCUT2D eigenvalue weighted by Crippen LogP contribution is -2.49. The van der Waals surface area contributed by atoms with Crippen LogP contribution in [0, 0.1) is 5.92 Å². The third kappa shape index (κ3) is 6.27. The fraction of sp³-hybridized carbons (Fsp3) is 0.464. The minimum absolute atomic E-state index is 0. The van der Waals surface area contributed by atoms with Gasteiger partial charge in [-0.1, -0.05) is 12.1 Å². The van der Waals surface area contributed by atoms with E-state index in [1.165, 1.54) is 11.4 Å². The molecular weight excluding hydrogens is 562 g/mol. The van der Waals surface area contributed by atoms with Crippen LogP contribution in [0.15, 0.2) is 47.1 Å². The number of rotatable bonds is 8. The van der Waals surface area contributed by atoms with Gasteiger partial charge in [-0.25, -0.2) is 0 Å². The number of carbonyl (C=O) groups is 1. The Morgan fingerprint density at radius 1 is 1.07 bits per heavy atom. The van der Waals surface area contributed by atoms with Crippen LogP contribution in [0.2, 0.25) is 0 Å². The summed E-state index contributed by atoms with van der Waals surface area (Å²) in [5, 5.41) is 24.0. The lowest BCUT2D eigenvalue weighted by molar-refractivity contribution is -0.142. The van der Waals surface area contributed by atoms with E-state index in [2.05, 4.69) is 34.8 Å². The van der Waals surface area contributed by atoms with Gasteiger partial charge in [0.25, 0.3) is 5.78 Å². The van der Waals surface area contributed by atoms with E-state index in [0.717, 1.165) is 64.3 Å². The third-order valence-corrected chi connectivity index (χ3v) is 8.00. The number of halogens is 1. The Kier molecular flexibility index (Phi) is 8.53. The maximum absolute atomic E-state index is 11.1. The van der Waals surface area contributed by atoms with Gasteiger partial charge in [-0.15, -0.1) is 17.5 Å². The first-order valence-corrected chi connectivity index (χ1v) is 14.0. The number of fused-ring (bicyclic) bond motifs is 1. The second kappa shape index (κ2) is 12.1. The van der Waals surface area contributed by atoms with E-state index >= 15 is 0 Å². The van der Waals surface area contributed by atoms with Gasteiger partial charge in [-0.3, -0.25) is 9.69 Å². The average Bonchev–Trinajstić information content (AvgIpc) is 3.64. The van der Waals surface area contributed by atoms with E-state index < -0.39 is 11.6 Å². The van der Waals surface area contributed by atoms with E-state index in [1.807, 2.05) is 24.3 Å². The highest BCUT2D eigenvalue weighted by Crippen LogP contribution is 2.28. The topological polar surface area (TPSA) is 162 Å². The zero-order chi connectivity index (χ0) is 28.6. The molecule has 4 aromatic rings. The normalized spacial score (nSPS) is 19.4. The minimum Gasteiger partial charge on any atom is -0.481 e. The van der Waals surface area contributed by atoms with E-state index in [-0.39, 0.29) is 24.8 Å². The van der Waals surface area contributed by atoms with Crippen LogP contribution >= 0.6 is 12.4 Å². The fourth-order valence-electron chi connectivity index (χ4n) is 5.82. The molecule has 14 heteroatoms. The maximum Gasteiger partial charge on any atom is 0.306 e. The van der Waals surface area contributed by atoms with E-state index in [4.69, 9.17) is 15.3 Å². The zero-order valence-electron chi connectivity index (χ0n) is 23.5. The number of carboxylic acids is 1. The first-order valence-electron chi connectivity index (χ1n) is 14.0. The number of anilines is 3. The van der Waals surface area contributed by atoms with Crippen molar-refractivity contribution >= 4 is 41.7 Å². The molecule has 3 aromatic heterocycles. The number of benzene rings is 1. The number of hydrogen-bond donors (Lipinski definition) is 3. The molecule has 0 spiro atoms. The Labute approximate surface area is 249 Å². The van der Waals surface area contributed by atoms with Crippen molar-refractivity contribution in [2.75, 3.05) is 61.3 Å². The molecule has 2 unspecified atom stereocenters. The number of piperidine rings is 1. The van der Waals surface area contributed by atoms with E-state index in [1.54, 1.807) is 18.4 Å². The number of nitrogen functional groups attached to an aromatic ring is 1. The molecule has 0 amide bonds. The second-order valence-corrected chi connectivity index (χ2v) is 11.1. The molecule has 0 aliphatic carbocycles. The monoisotopic (exact) mass is 597 g/mol. The summed E-state index contributed by atoms with van der Waals surface area (Å²) in [6.07, 6.45) is 3.46. The molecule has 6 rings (SSSR count). The molecule has 0 saturated carbocycles. The van der Waals surface area contributed by atoms with Crippen LogP contribution in [-0.4, -0.2) is 91.5 Å². The van der Waals surface area contributed by atoms with Gasteiger partial charge in [0.05, 0.1) is 18.3 Å². The van der Waals surface area contributed by atoms with Gasteiger partial charge < -0.3 is 30.2 Å². The summed E-state index contributed by atoms with van der Waals surface area (Å²) >= 11 is 0. The molecule has 2 fully saturated rings. The van der Waals surface area contributed by atoms with Gasteiger partial charge in [0.15, 0.2) is 5.76 Å². The third-order valence-electron chi connectivity index (χ3n) is 8.00. The van der Waals surface area contributed by atoms with Gasteiger partial charge in [0, 0.05) is 51.5 Å². The van der Waals surface area contributed by atoms with Crippen molar-refractivity contribution in [1.29, 1.82) is 0 Å². The highest BCUT2D eigenvalue weighted by atomic mass is 35.5. The van der Waals surface area contributed by atoms with Crippen molar-refractivity contribution in [3.63, 3.8) is 0 Å². The molecule has 13 nitrogen and oxygen atoms in total. The Morgan fingerprint density at radius 3 is 2.52 bits per heavy atom. The van der Waals surface area contributed by atoms with Crippen LogP contribution in [0.4, 0.5) is 17.6 Å². The minimum atomic E-state index is -1.39. The zero-order valence-corrected chi connectivity index (χ0v) is 24.3. The number of aliphatic carboxylic acids is 1. The molecule has 1 aromatic carbocycles. The predicted octanol–water partition coefficient (Wildman–Crippen LogP) is 2.50. The number of aliphatic hydroxyl groups is 1. The number of nitrogens with two attached hydrogens (primary N) is 1. The quantitative estimate of drug-likeness (QED) is 0.272. The average molecular weight is 598 g/mol. The Morgan fingerprint density at radius 2 is 1.83 bits per heavy atom. The molecule has 2 saturated heterocycles. The highest BCUT2D eigenvalue weighted by Gasteiger charge is 2.28. The number of nitrogens with zero attached hydrogens (tertiary/aromatic N) is 8. The molecule has 2 aliphatic rings. The summed E-state index contributed by atoms with van der Waals surface area (Å²) in [6, 6.07) is 11.2. The number of hydrogen-bond acceptors (Lipinski definition) is 11. The smallest absolute Gasteiger partial charge is 0.306 e. The van der Waals surface area contributed by atoms with Crippen molar-refractivity contribution in [3.05, 3.63) is 48.2 Å². The van der Waals surface area contributed by atoms with Gasteiger partial charge in [-0.2, -0.15) is 19.5 Å². The molecular formula is C28H36ClN9O4. The predicted molar refractivity (Wildman–Crippen MR) is 160 cm³/mol. The van der Waals surface area contributed by atoms with Crippen molar-refractivity contribution < 1.29 is 19.4 Å². The Balaban J connectivity index is 0.00000353. The second-order valence-electron chi connectivity index (χ2n) is 11.1. The van der Waals surface area contributed by atoms with Crippen LogP contribution in [0.25, 0.3) is 17.4 Å². The number of furan rings is 1. The maximum atomic E-state index is 11.1. The molecule has 4 N–H and O–H groups in total. The Hall–Kier alpha value is -3.94. The van der Waals surface area contributed by atoms with E-state index in [9.17, 15) is 9.90 Å². The molecule has 0 bridgehead atoms. The van der Waals surface area contributed by atoms with Crippen molar-refractivity contribution in [1.82, 2.24) is 29.5 Å². The lowest BCUT2D eigenvalue weighted by Gasteiger charge is -2.40. The molecule has 0 radical (unpaired) electrons.